The van der Waals surface area contributed by atoms with Crippen LogP contribution in [0, 0.1) is 5.92 Å². The number of benzene rings is 1. The molecule has 0 aliphatic heterocycles. The zero-order chi connectivity index (χ0) is 14.5. The van der Waals surface area contributed by atoms with Crippen LogP contribution in [0.15, 0.2) is 33.8 Å². The van der Waals surface area contributed by atoms with Crippen molar-refractivity contribution in [3.05, 3.63) is 39.4 Å². The van der Waals surface area contributed by atoms with Crippen LogP contribution in [0.1, 0.15) is 20.3 Å². The van der Waals surface area contributed by atoms with Crippen molar-refractivity contribution in [2.24, 2.45) is 5.92 Å². The molecule has 1 heterocycles. The van der Waals surface area contributed by atoms with E-state index >= 15 is 0 Å². The van der Waals surface area contributed by atoms with Crippen LogP contribution in [0.5, 0.6) is 0 Å². The van der Waals surface area contributed by atoms with Gasteiger partial charge in [0, 0.05) is 11.1 Å². The normalized spacial score (nSPS) is 11.4. The zero-order valence-electron chi connectivity index (χ0n) is 11.8. The van der Waals surface area contributed by atoms with Gasteiger partial charge in [0.05, 0.1) is 30.4 Å². The fraction of sp³-hybridized carbons (Fsp3) is 0.467. The van der Waals surface area contributed by atoms with E-state index in [9.17, 15) is 4.79 Å². The standard InChI is InChI=1S/C15H19BrN2O2/c1-11(2)5-7-20-8-6-18-10-17-14-9-12(16)3-4-13(14)15(18)19/h3-4,9-11H,5-8H2,1-2H3. The summed E-state index contributed by atoms with van der Waals surface area (Å²) in [5, 5.41) is 0.637. The third-order valence-electron chi connectivity index (χ3n) is 3.10. The molecule has 0 N–H and O–H groups in total. The molecule has 1 aromatic heterocycles. The van der Waals surface area contributed by atoms with Crippen LogP contribution in [-0.4, -0.2) is 22.8 Å². The molecular weight excluding hydrogens is 320 g/mol. The molecule has 2 rings (SSSR count). The highest BCUT2D eigenvalue weighted by atomic mass is 79.9. The summed E-state index contributed by atoms with van der Waals surface area (Å²) in [6, 6.07) is 5.50. The molecule has 0 spiro atoms. The molecule has 108 valence electrons. The largest absolute Gasteiger partial charge is 0.380 e. The summed E-state index contributed by atoms with van der Waals surface area (Å²) < 4.78 is 8.07. The molecule has 4 nitrogen and oxygen atoms in total. The van der Waals surface area contributed by atoms with Crippen LogP contribution in [0.25, 0.3) is 10.9 Å². The predicted molar refractivity (Wildman–Crippen MR) is 84.0 cm³/mol. The van der Waals surface area contributed by atoms with Gasteiger partial charge in [-0.05, 0) is 30.5 Å². The molecule has 0 atom stereocenters. The lowest BCUT2D eigenvalue weighted by Crippen LogP contribution is -2.23. The maximum Gasteiger partial charge on any atom is 0.261 e. The summed E-state index contributed by atoms with van der Waals surface area (Å²) in [5.41, 5.74) is 0.691. The van der Waals surface area contributed by atoms with Gasteiger partial charge in [0.2, 0.25) is 0 Å². The molecule has 0 saturated carbocycles. The van der Waals surface area contributed by atoms with Crippen LogP contribution in [0.4, 0.5) is 0 Å². The first-order valence-corrected chi connectivity index (χ1v) is 7.59. The Hall–Kier alpha value is -1.20. The Morgan fingerprint density at radius 2 is 2.15 bits per heavy atom. The number of aromatic nitrogens is 2. The van der Waals surface area contributed by atoms with Crippen molar-refractivity contribution in [1.29, 1.82) is 0 Å². The van der Waals surface area contributed by atoms with Gasteiger partial charge in [0.25, 0.3) is 5.56 Å². The molecule has 0 radical (unpaired) electrons. The van der Waals surface area contributed by atoms with E-state index in [1.807, 2.05) is 12.1 Å². The van der Waals surface area contributed by atoms with Gasteiger partial charge in [-0.1, -0.05) is 29.8 Å². The minimum atomic E-state index is -0.0186. The third-order valence-corrected chi connectivity index (χ3v) is 3.60. The summed E-state index contributed by atoms with van der Waals surface area (Å²) in [6.07, 6.45) is 2.63. The average Bonchev–Trinajstić information content (AvgIpc) is 2.40. The Labute approximate surface area is 126 Å². The number of nitrogens with zero attached hydrogens (tertiary/aromatic N) is 2. The summed E-state index contributed by atoms with van der Waals surface area (Å²) in [5.74, 6) is 0.638. The molecular formula is C15H19BrN2O2. The van der Waals surface area contributed by atoms with E-state index in [1.54, 1.807) is 17.0 Å². The molecule has 20 heavy (non-hydrogen) atoms. The average molecular weight is 339 g/mol. The molecule has 1 aromatic carbocycles. The summed E-state index contributed by atoms with van der Waals surface area (Å²) in [4.78, 5) is 16.6. The van der Waals surface area contributed by atoms with E-state index in [0.29, 0.717) is 30.0 Å². The summed E-state index contributed by atoms with van der Waals surface area (Å²) in [7, 11) is 0. The van der Waals surface area contributed by atoms with E-state index in [0.717, 1.165) is 17.5 Å². The number of hydrogen-bond donors (Lipinski definition) is 0. The molecule has 0 aliphatic rings. The number of rotatable bonds is 6. The van der Waals surface area contributed by atoms with E-state index in [4.69, 9.17) is 4.74 Å². The zero-order valence-corrected chi connectivity index (χ0v) is 13.4. The van der Waals surface area contributed by atoms with E-state index in [-0.39, 0.29) is 5.56 Å². The molecule has 5 heteroatoms. The quantitative estimate of drug-likeness (QED) is 0.759. The van der Waals surface area contributed by atoms with Crippen molar-refractivity contribution < 1.29 is 4.74 Å². The Balaban J connectivity index is 2.02. The van der Waals surface area contributed by atoms with E-state index in [2.05, 4.69) is 34.8 Å². The molecule has 0 aliphatic carbocycles. The second-order valence-electron chi connectivity index (χ2n) is 5.20. The fourth-order valence-electron chi connectivity index (χ4n) is 1.87. The topological polar surface area (TPSA) is 44.1 Å². The van der Waals surface area contributed by atoms with Gasteiger partial charge in [0.1, 0.15) is 0 Å². The smallest absolute Gasteiger partial charge is 0.261 e. The van der Waals surface area contributed by atoms with Crippen molar-refractivity contribution in [1.82, 2.24) is 9.55 Å². The maximum absolute atomic E-state index is 12.3. The lowest BCUT2D eigenvalue weighted by atomic mass is 10.1. The van der Waals surface area contributed by atoms with Crippen LogP contribution in [0.2, 0.25) is 0 Å². The van der Waals surface area contributed by atoms with Gasteiger partial charge < -0.3 is 4.74 Å². The van der Waals surface area contributed by atoms with Gasteiger partial charge in [-0.2, -0.15) is 0 Å². The molecule has 0 amide bonds. The second-order valence-corrected chi connectivity index (χ2v) is 6.12. The highest BCUT2D eigenvalue weighted by molar-refractivity contribution is 9.10. The van der Waals surface area contributed by atoms with Crippen molar-refractivity contribution >= 4 is 26.8 Å². The first-order valence-electron chi connectivity index (χ1n) is 6.80. The number of ether oxygens (including phenoxy) is 1. The van der Waals surface area contributed by atoms with Crippen molar-refractivity contribution in [3.63, 3.8) is 0 Å². The third kappa shape index (κ3) is 3.90. The van der Waals surface area contributed by atoms with Gasteiger partial charge in [0.15, 0.2) is 0 Å². The van der Waals surface area contributed by atoms with Crippen LogP contribution >= 0.6 is 15.9 Å². The van der Waals surface area contributed by atoms with Gasteiger partial charge in [-0.15, -0.1) is 0 Å². The SMILES string of the molecule is CC(C)CCOCCn1cnc2cc(Br)ccc2c1=O. The number of halogens is 1. The predicted octanol–water partition coefficient (Wildman–Crippen LogP) is 3.22. The van der Waals surface area contributed by atoms with Crippen molar-refractivity contribution in [2.45, 2.75) is 26.8 Å². The number of hydrogen-bond acceptors (Lipinski definition) is 3. The summed E-state index contributed by atoms with van der Waals surface area (Å²) >= 11 is 3.38. The van der Waals surface area contributed by atoms with Crippen LogP contribution in [0.3, 0.4) is 0 Å². The Morgan fingerprint density at radius 3 is 2.90 bits per heavy atom. The van der Waals surface area contributed by atoms with Crippen LogP contribution < -0.4 is 5.56 Å². The van der Waals surface area contributed by atoms with Gasteiger partial charge in [-0.3, -0.25) is 9.36 Å². The highest BCUT2D eigenvalue weighted by Gasteiger charge is 2.04. The lowest BCUT2D eigenvalue weighted by molar-refractivity contribution is 0.115. The fourth-order valence-corrected chi connectivity index (χ4v) is 2.22. The molecule has 0 saturated heterocycles. The van der Waals surface area contributed by atoms with Gasteiger partial charge >= 0.3 is 0 Å². The first kappa shape index (κ1) is 15.2. The minimum absolute atomic E-state index is 0.0186. The molecule has 0 unspecified atom stereocenters. The lowest BCUT2D eigenvalue weighted by Gasteiger charge is -2.08. The Bertz CT molecular complexity index is 637. The maximum atomic E-state index is 12.3. The van der Waals surface area contributed by atoms with E-state index < -0.39 is 0 Å². The van der Waals surface area contributed by atoms with Crippen LogP contribution in [-0.2, 0) is 11.3 Å². The minimum Gasteiger partial charge on any atom is -0.380 e. The van der Waals surface area contributed by atoms with Crippen molar-refractivity contribution in [3.8, 4) is 0 Å². The van der Waals surface area contributed by atoms with Gasteiger partial charge in [-0.25, -0.2) is 4.98 Å². The second kappa shape index (κ2) is 6.99. The molecule has 2 aromatic rings. The molecule has 0 fully saturated rings. The number of fused-ring (bicyclic) bond motifs is 1. The first-order chi connectivity index (χ1) is 9.58. The molecule has 0 bridgehead atoms. The monoisotopic (exact) mass is 338 g/mol. The Kier molecular flexibility index (Phi) is 5.31. The van der Waals surface area contributed by atoms with E-state index in [1.165, 1.54) is 0 Å². The highest BCUT2D eigenvalue weighted by Crippen LogP contribution is 2.14. The van der Waals surface area contributed by atoms with Crippen molar-refractivity contribution in [2.75, 3.05) is 13.2 Å². The summed E-state index contributed by atoms with van der Waals surface area (Å²) in [6.45, 7) is 6.14. The Morgan fingerprint density at radius 1 is 1.35 bits per heavy atom.